The average molecular weight is 358 g/mol. The van der Waals surface area contributed by atoms with Crippen LogP contribution < -0.4 is 10.6 Å². The first-order chi connectivity index (χ1) is 8.90. The van der Waals surface area contributed by atoms with Crippen LogP contribution >= 0.6 is 27.3 Å². The van der Waals surface area contributed by atoms with Crippen LogP contribution in [0.25, 0.3) is 0 Å². The largest absolute Gasteiger partial charge is 0.390 e. The lowest BCUT2D eigenvalue weighted by molar-refractivity contribution is -0.132. The topological polar surface area (TPSA) is 36.4 Å². The van der Waals surface area contributed by atoms with E-state index >= 15 is 0 Å². The van der Waals surface area contributed by atoms with E-state index in [4.69, 9.17) is 0 Å². The first kappa shape index (κ1) is 16.3. The molecular formula is C11H15BrF3N3S. The molecule has 0 amide bonds. The number of aliphatic imine (C=N–C) groups is 1. The second kappa shape index (κ2) is 7.74. The summed E-state index contributed by atoms with van der Waals surface area (Å²) in [5.41, 5.74) is 0. The van der Waals surface area contributed by atoms with Crippen molar-refractivity contribution in [3.05, 3.63) is 20.8 Å². The van der Waals surface area contributed by atoms with Gasteiger partial charge in [0.05, 0.1) is 10.2 Å². The van der Waals surface area contributed by atoms with Gasteiger partial charge in [0, 0.05) is 25.0 Å². The van der Waals surface area contributed by atoms with Crippen LogP contribution in [0.15, 0.2) is 20.9 Å². The SMILES string of the molecule is CN=C(NCCc1ccc(Br)s1)NCCC(F)(F)F. The summed E-state index contributed by atoms with van der Waals surface area (Å²) in [6, 6.07) is 3.98. The van der Waals surface area contributed by atoms with Crippen LogP contribution in [0.3, 0.4) is 0 Å². The summed E-state index contributed by atoms with van der Waals surface area (Å²) in [5, 5.41) is 5.61. The Kier molecular flexibility index (Phi) is 6.64. The van der Waals surface area contributed by atoms with E-state index in [2.05, 4.69) is 31.6 Å². The number of alkyl halides is 3. The van der Waals surface area contributed by atoms with Crippen LogP contribution in [0, 0.1) is 0 Å². The molecule has 0 aromatic carbocycles. The molecule has 0 atom stereocenters. The van der Waals surface area contributed by atoms with Crippen molar-refractivity contribution in [3.63, 3.8) is 0 Å². The third-order valence-electron chi connectivity index (χ3n) is 2.22. The second-order valence-electron chi connectivity index (χ2n) is 3.75. The highest BCUT2D eigenvalue weighted by Gasteiger charge is 2.26. The highest BCUT2D eigenvalue weighted by molar-refractivity contribution is 9.11. The Morgan fingerprint density at radius 2 is 2.00 bits per heavy atom. The van der Waals surface area contributed by atoms with E-state index in [0.717, 1.165) is 10.2 Å². The van der Waals surface area contributed by atoms with Gasteiger partial charge in [-0.1, -0.05) is 0 Å². The number of thiophene rings is 1. The maximum absolute atomic E-state index is 12.0. The fourth-order valence-corrected chi connectivity index (χ4v) is 2.82. The Bertz CT molecular complexity index is 418. The standard InChI is InChI=1S/C11H15BrF3N3S/c1-16-10(18-7-5-11(13,14)15)17-6-4-8-2-3-9(12)19-8/h2-3H,4-7H2,1H3,(H2,16,17,18). The second-order valence-corrected chi connectivity index (χ2v) is 6.29. The highest BCUT2D eigenvalue weighted by atomic mass is 79.9. The van der Waals surface area contributed by atoms with Gasteiger partial charge in [-0.05, 0) is 34.5 Å². The van der Waals surface area contributed by atoms with Gasteiger partial charge in [0.15, 0.2) is 5.96 Å². The zero-order valence-corrected chi connectivity index (χ0v) is 12.8. The van der Waals surface area contributed by atoms with Gasteiger partial charge >= 0.3 is 6.18 Å². The molecule has 0 radical (unpaired) electrons. The van der Waals surface area contributed by atoms with Gasteiger partial charge < -0.3 is 10.6 Å². The lowest BCUT2D eigenvalue weighted by Gasteiger charge is -2.12. The van der Waals surface area contributed by atoms with Gasteiger partial charge in [0.2, 0.25) is 0 Å². The smallest absolute Gasteiger partial charge is 0.356 e. The molecule has 0 spiro atoms. The van der Waals surface area contributed by atoms with Crippen molar-refractivity contribution in [2.24, 2.45) is 4.99 Å². The lowest BCUT2D eigenvalue weighted by atomic mass is 10.3. The number of nitrogens with zero attached hydrogens (tertiary/aromatic N) is 1. The average Bonchev–Trinajstić information content (AvgIpc) is 2.71. The van der Waals surface area contributed by atoms with Crippen LogP contribution in [0.5, 0.6) is 0 Å². The minimum absolute atomic E-state index is 0.173. The van der Waals surface area contributed by atoms with Crippen LogP contribution in [0.2, 0.25) is 0 Å². The summed E-state index contributed by atoms with van der Waals surface area (Å²) in [6.45, 7) is 0.451. The van der Waals surface area contributed by atoms with Crippen molar-refractivity contribution in [3.8, 4) is 0 Å². The molecule has 3 nitrogen and oxygen atoms in total. The number of hydrogen-bond acceptors (Lipinski definition) is 2. The molecule has 1 aromatic rings. The number of halogens is 4. The Hall–Kier alpha value is -0.760. The Morgan fingerprint density at radius 1 is 1.32 bits per heavy atom. The zero-order valence-electron chi connectivity index (χ0n) is 10.4. The molecule has 0 aliphatic rings. The van der Waals surface area contributed by atoms with Crippen LogP contribution in [0.1, 0.15) is 11.3 Å². The summed E-state index contributed by atoms with van der Waals surface area (Å²) >= 11 is 5.01. The molecule has 0 saturated carbocycles. The third kappa shape index (κ3) is 7.41. The van der Waals surface area contributed by atoms with Gasteiger partial charge in [0.25, 0.3) is 0 Å². The lowest BCUT2D eigenvalue weighted by Crippen LogP contribution is -2.39. The van der Waals surface area contributed by atoms with E-state index in [9.17, 15) is 13.2 Å². The third-order valence-corrected chi connectivity index (χ3v) is 3.90. The molecule has 8 heteroatoms. The molecule has 1 aromatic heterocycles. The first-order valence-corrected chi connectivity index (χ1v) is 7.27. The predicted molar refractivity (Wildman–Crippen MR) is 75.8 cm³/mol. The van der Waals surface area contributed by atoms with E-state index in [0.29, 0.717) is 12.5 Å². The number of rotatable bonds is 5. The molecule has 1 rings (SSSR count). The minimum Gasteiger partial charge on any atom is -0.356 e. The molecule has 0 aliphatic heterocycles. The molecule has 0 unspecified atom stereocenters. The summed E-state index contributed by atoms with van der Waals surface area (Å²) in [7, 11) is 1.53. The summed E-state index contributed by atoms with van der Waals surface area (Å²) in [4.78, 5) is 5.06. The van der Waals surface area contributed by atoms with E-state index in [1.54, 1.807) is 11.3 Å². The summed E-state index contributed by atoms with van der Waals surface area (Å²) in [6.07, 6.45) is -4.21. The summed E-state index contributed by atoms with van der Waals surface area (Å²) < 4.78 is 37.0. The van der Waals surface area contributed by atoms with E-state index in [1.165, 1.54) is 11.9 Å². The number of guanidine groups is 1. The number of hydrogen-bond donors (Lipinski definition) is 2. The van der Waals surface area contributed by atoms with Gasteiger partial charge in [-0.25, -0.2) is 0 Å². The van der Waals surface area contributed by atoms with Gasteiger partial charge in [-0.3, -0.25) is 4.99 Å². The molecule has 0 aliphatic carbocycles. The van der Waals surface area contributed by atoms with E-state index in [1.807, 2.05) is 12.1 Å². The molecule has 19 heavy (non-hydrogen) atoms. The highest BCUT2D eigenvalue weighted by Crippen LogP contribution is 2.22. The molecular weight excluding hydrogens is 343 g/mol. The summed E-state index contributed by atoms with van der Waals surface area (Å²) in [5.74, 6) is 0.389. The van der Waals surface area contributed by atoms with Crippen molar-refractivity contribution in [2.75, 3.05) is 20.1 Å². The molecule has 2 N–H and O–H groups in total. The Morgan fingerprint density at radius 3 is 2.53 bits per heavy atom. The normalized spacial score (nSPS) is 12.6. The van der Waals surface area contributed by atoms with Crippen molar-refractivity contribution in [1.29, 1.82) is 0 Å². The van der Waals surface area contributed by atoms with Crippen LogP contribution in [0.4, 0.5) is 13.2 Å². The first-order valence-electron chi connectivity index (χ1n) is 5.66. The monoisotopic (exact) mass is 357 g/mol. The molecule has 0 fully saturated rings. The van der Waals surface area contributed by atoms with Gasteiger partial charge in [-0.15, -0.1) is 11.3 Å². The molecule has 108 valence electrons. The Labute approximate surface area is 122 Å². The predicted octanol–water partition coefficient (Wildman–Crippen LogP) is 3.17. The molecule has 0 saturated heterocycles. The minimum atomic E-state index is -4.14. The number of nitrogens with one attached hydrogen (secondary N) is 2. The fourth-order valence-electron chi connectivity index (χ4n) is 1.33. The Balaban J connectivity index is 2.22. The maximum atomic E-state index is 12.0. The van der Waals surface area contributed by atoms with Crippen LogP contribution in [-0.4, -0.2) is 32.3 Å². The van der Waals surface area contributed by atoms with Crippen molar-refractivity contribution >= 4 is 33.2 Å². The van der Waals surface area contributed by atoms with Gasteiger partial charge in [0.1, 0.15) is 0 Å². The van der Waals surface area contributed by atoms with E-state index in [-0.39, 0.29) is 6.54 Å². The molecule has 1 heterocycles. The zero-order chi connectivity index (χ0) is 14.3. The van der Waals surface area contributed by atoms with Gasteiger partial charge in [-0.2, -0.15) is 13.2 Å². The van der Waals surface area contributed by atoms with Crippen molar-refractivity contribution < 1.29 is 13.2 Å². The fraction of sp³-hybridized carbons (Fsp3) is 0.545. The van der Waals surface area contributed by atoms with Crippen LogP contribution in [-0.2, 0) is 6.42 Å². The van der Waals surface area contributed by atoms with Crippen molar-refractivity contribution in [1.82, 2.24) is 10.6 Å². The quantitative estimate of drug-likeness (QED) is 0.627. The molecule has 0 bridgehead atoms. The van der Waals surface area contributed by atoms with Crippen molar-refractivity contribution in [2.45, 2.75) is 19.0 Å². The maximum Gasteiger partial charge on any atom is 0.390 e. The van der Waals surface area contributed by atoms with E-state index < -0.39 is 12.6 Å².